The van der Waals surface area contributed by atoms with Gasteiger partial charge in [-0.1, -0.05) is 18.2 Å². The third-order valence-electron chi connectivity index (χ3n) is 5.65. The maximum atomic E-state index is 12.8. The van der Waals surface area contributed by atoms with Gasteiger partial charge in [-0.2, -0.15) is 0 Å². The van der Waals surface area contributed by atoms with Crippen molar-refractivity contribution in [3.05, 3.63) is 29.8 Å². The summed E-state index contributed by atoms with van der Waals surface area (Å²) in [4.78, 5) is 14.7. The minimum atomic E-state index is 0.0650. The third-order valence-corrected chi connectivity index (χ3v) is 5.65. The number of anilines is 1. The number of benzene rings is 1. The van der Waals surface area contributed by atoms with E-state index in [0.29, 0.717) is 5.92 Å². The predicted molar refractivity (Wildman–Crippen MR) is 86.2 cm³/mol. The number of rotatable bonds is 2. The topological polar surface area (TPSA) is 41.6 Å². The molecule has 1 aliphatic carbocycles. The Balaban J connectivity index is 1.47. The van der Waals surface area contributed by atoms with E-state index in [-0.39, 0.29) is 17.5 Å². The zero-order valence-corrected chi connectivity index (χ0v) is 13.2. The van der Waals surface area contributed by atoms with Crippen LogP contribution in [0.25, 0.3) is 0 Å². The first kappa shape index (κ1) is 14.1. The standard InChI is InChI=1S/C18H24N2O2/c1-13(14-6-10-22-11-7-14)19-17(21)20-12-18(8-9-18)15-4-2-3-5-16(15)20/h2-5,13-14H,6-12H2,1H3,(H,19,21). The minimum absolute atomic E-state index is 0.0650. The SMILES string of the molecule is CC(NC(=O)N1CC2(CC2)c2ccccc21)C1CCOCC1. The van der Waals surface area contributed by atoms with Crippen molar-refractivity contribution in [1.82, 2.24) is 5.32 Å². The van der Waals surface area contributed by atoms with Crippen LogP contribution in [0.2, 0.25) is 0 Å². The van der Waals surface area contributed by atoms with E-state index >= 15 is 0 Å². The highest BCUT2D eigenvalue weighted by Crippen LogP contribution is 2.56. The van der Waals surface area contributed by atoms with E-state index in [1.54, 1.807) is 0 Å². The summed E-state index contributed by atoms with van der Waals surface area (Å²) in [5.41, 5.74) is 2.73. The Morgan fingerprint density at radius 2 is 2.05 bits per heavy atom. The van der Waals surface area contributed by atoms with Gasteiger partial charge in [0.1, 0.15) is 0 Å². The Morgan fingerprint density at radius 3 is 2.77 bits per heavy atom. The molecule has 4 rings (SSSR count). The lowest BCUT2D eigenvalue weighted by Crippen LogP contribution is -2.47. The second kappa shape index (κ2) is 5.27. The van der Waals surface area contributed by atoms with Gasteiger partial charge >= 0.3 is 6.03 Å². The van der Waals surface area contributed by atoms with Crippen molar-refractivity contribution < 1.29 is 9.53 Å². The Kier molecular flexibility index (Phi) is 3.37. The number of fused-ring (bicyclic) bond motifs is 2. The molecule has 1 spiro atoms. The molecule has 1 unspecified atom stereocenters. The highest BCUT2D eigenvalue weighted by atomic mass is 16.5. The molecule has 1 aromatic carbocycles. The number of nitrogens with zero attached hydrogens (tertiary/aromatic N) is 1. The van der Waals surface area contributed by atoms with E-state index in [1.165, 1.54) is 18.4 Å². The quantitative estimate of drug-likeness (QED) is 0.912. The molecule has 2 fully saturated rings. The van der Waals surface area contributed by atoms with E-state index in [9.17, 15) is 4.79 Å². The summed E-state index contributed by atoms with van der Waals surface area (Å²) in [7, 11) is 0. The zero-order chi connectivity index (χ0) is 15.2. The van der Waals surface area contributed by atoms with Gasteiger partial charge in [0.05, 0.1) is 0 Å². The van der Waals surface area contributed by atoms with Crippen LogP contribution in [0.5, 0.6) is 0 Å². The summed E-state index contributed by atoms with van der Waals surface area (Å²) >= 11 is 0. The van der Waals surface area contributed by atoms with Crippen LogP contribution in [0.3, 0.4) is 0 Å². The lowest BCUT2D eigenvalue weighted by atomic mass is 9.93. The lowest BCUT2D eigenvalue weighted by molar-refractivity contribution is 0.0572. The summed E-state index contributed by atoms with van der Waals surface area (Å²) in [5, 5.41) is 3.23. The molecule has 3 aliphatic rings. The first-order valence-electron chi connectivity index (χ1n) is 8.45. The Bertz CT molecular complexity index is 576. The van der Waals surface area contributed by atoms with Crippen molar-refractivity contribution in [3.8, 4) is 0 Å². The van der Waals surface area contributed by atoms with Crippen LogP contribution in [0.15, 0.2) is 24.3 Å². The molecule has 1 aromatic rings. The molecule has 1 saturated heterocycles. The molecule has 2 heterocycles. The van der Waals surface area contributed by atoms with Gasteiger partial charge in [-0.15, -0.1) is 0 Å². The van der Waals surface area contributed by atoms with Crippen molar-refractivity contribution in [3.63, 3.8) is 0 Å². The third kappa shape index (κ3) is 2.30. The number of carbonyl (C=O) groups is 1. The van der Waals surface area contributed by atoms with Crippen LogP contribution in [0, 0.1) is 5.92 Å². The average molecular weight is 300 g/mol. The van der Waals surface area contributed by atoms with Gasteiger partial charge in [0.25, 0.3) is 0 Å². The van der Waals surface area contributed by atoms with E-state index in [4.69, 9.17) is 4.74 Å². The van der Waals surface area contributed by atoms with E-state index < -0.39 is 0 Å². The number of urea groups is 1. The number of ether oxygens (including phenoxy) is 1. The molecule has 0 bridgehead atoms. The molecule has 1 atom stereocenters. The smallest absolute Gasteiger partial charge is 0.322 e. The fourth-order valence-electron chi connectivity index (χ4n) is 4.00. The second-order valence-electron chi connectivity index (χ2n) is 7.07. The van der Waals surface area contributed by atoms with Gasteiger partial charge in [-0.05, 0) is 50.2 Å². The van der Waals surface area contributed by atoms with Crippen LogP contribution in [-0.2, 0) is 10.2 Å². The molecular weight excluding hydrogens is 276 g/mol. The highest BCUT2D eigenvalue weighted by molar-refractivity contribution is 5.95. The summed E-state index contributed by atoms with van der Waals surface area (Å²) in [6.45, 7) is 4.61. The average Bonchev–Trinajstić information content (AvgIpc) is 3.26. The Labute approximate surface area is 131 Å². The van der Waals surface area contributed by atoms with Gasteiger partial charge in [0.2, 0.25) is 0 Å². The van der Waals surface area contributed by atoms with Crippen molar-refractivity contribution in [2.24, 2.45) is 5.92 Å². The molecular formula is C18H24N2O2. The molecule has 2 amide bonds. The maximum Gasteiger partial charge on any atom is 0.322 e. The number of hydrogen-bond acceptors (Lipinski definition) is 2. The van der Waals surface area contributed by atoms with Crippen molar-refractivity contribution >= 4 is 11.7 Å². The van der Waals surface area contributed by atoms with Crippen LogP contribution < -0.4 is 10.2 Å². The molecule has 118 valence electrons. The summed E-state index contributed by atoms with van der Waals surface area (Å²) in [6, 6.07) is 8.67. The van der Waals surface area contributed by atoms with Crippen LogP contribution in [0.1, 0.15) is 38.2 Å². The van der Waals surface area contributed by atoms with Gasteiger partial charge in [-0.3, -0.25) is 4.90 Å². The Hall–Kier alpha value is -1.55. The fraction of sp³-hybridized carbons (Fsp3) is 0.611. The zero-order valence-electron chi connectivity index (χ0n) is 13.2. The normalized spacial score (nSPS) is 24.1. The largest absolute Gasteiger partial charge is 0.381 e. The maximum absolute atomic E-state index is 12.8. The van der Waals surface area contributed by atoms with Crippen LogP contribution >= 0.6 is 0 Å². The van der Waals surface area contributed by atoms with Crippen molar-refractivity contribution in [2.75, 3.05) is 24.7 Å². The van der Waals surface area contributed by atoms with Gasteiger partial charge in [-0.25, -0.2) is 4.79 Å². The van der Waals surface area contributed by atoms with Crippen LogP contribution in [0.4, 0.5) is 10.5 Å². The molecule has 1 N–H and O–H groups in total. The molecule has 0 aromatic heterocycles. The predicted octanol–water partition coefficient (Wildman–Crippen LogP) is 3.06. The Morgan fingerprint density at radius 1 is 1.32 bits per heavy atom. The number of para-hydroxylation sites is 1. The first-order chi connectivity index (χ1) is 10.7. The van der Waals surface area contributed by atoms with Gasteiger partial charge < -0.3 is 10.1 Å². The van der Waals surface area contributed by atoms with Crippen molar-refractivity contribution in [1.29, 1.82) is 0 Å². The summed E-state index contributed by atoms with van der Waals surface area (Å²) in [5.74, 6) is 0.533. The minimum Gasteiger partial charge on any atom is -0.381 e. The summed E-state index contributed by atoms with van der Waals surface area (Å²) < 4.78 is 5.41. The molecule has 4 nitrogen and oxygen atoms in total. The van der Waals surface area contributed by atoms with E-state index in [0.717, 1.165) is 38.3 Å². The fourth-order valence-corrected chi connectivity index (χ4v) is 4.00. The van der Waals surface area contributed by atoms with Crippen molar-refractivity contribution in [2.45, 2.75) is 44.1 Å². The first-order valence-corrected chi connectivity index (χ1v) is 8.45. The van der Waals surface area contributed by atoms with Crippen LogP contribution in [-0.4, -0.2) is 31.8 Å². The van der Waals surface area contributed by atoms with E-state index in [2.05, 4.69) is 30.4 Å². The molecule has 0 radical (unpaired) electrons. The van der Waals surface area contributed by atoms with Gasteiger partial charge in [0.15, 0.2) is 0 Å². The lowest BCUT2D eigenvalue weighted by Gasteiger charge is -2.30. The molecule has 1 saturated carbocycles. The molecule has 22 heavy (non-hydrogen) atoms. The monoisotopic (exact) mass is 300 g/mol. The molecule has 2 aliphatic heterocycles. The highest BCUT2D eigenvalue weighted by Gasteiger charge is 2.52. The number of carbonyl (C=O) groups excluding carboxylic acids is 1. The van der Waals surface area contributed by atoms with E-state index in [1.807, 2.05) is 11.0 Å². The van der Waals surface area contributed by atoms with Gasteiger partial charge in [0, 0.05) is 36.9 Å². The second-order valence-corrected chi connectivity index (χ2v) is 7.07. The molecule has 4 heteroatoms. The summed E-state index contributed by atoms with van der Waals surface area (Å²) in [6.07, 6.45) is 4.51. The number of hydrogen-bond donors (Lipinski definition) is 1. The number of amides is 2. The number of nitrogens with one attached hydrogen (secondary N) is 1.